The highest BCUT2D eigenvalue weighted by Gasteiger charge is 2.14. The first-order valence-corrected chi connectivity index (χ1v) is 5.52. The summed E-state index contributed by atoms with van der Waals surface area (Å²) in [4.78, 5) is 0. The summed E-state index contributed by atoms with van der Waals surface area (Å²) in [6, 6.07) is 0. The van der Waals surface area contributed by atoms with Crippen LogP contribution in [0, 0.1) is 0 Å². The summed E-state index contributed by atoms with van der Waals surface area (Å²) in [7, 11) is -3.01. The summed E-state index contributed by atoms with van der Waals surface area (Å²) in [6.45, 7) is 4.09. The van der Waals surface area contributed by atoms with Gasteiger partial charge in [0.25, 0.3) is 0 Å². The summed E-state index contributed by atoms with van der Waals surface area (Å²) in [6.07, 6.45) is 0.824. The van der Waals surface area contributed by atoms with Crippen LogP contribution in [0.2, 0.25) is 0 Å². The Kier molecular flexibility index (Phi) is 4.47. The molecule has 0 saturated heterocycles. The second-order valence-corrected chi connectivity index (χ2v) is 5.42. The molecule has 0 N–H and O–H groups in total. The molecule has 3 nitrogen and oxygen atoms in total. The van der Waals surface area contributed by atoms with Gasteiger partial charge in [0.2, 0.25) is 10.0 Å². The predicted molar refractivity (Wildman–Crippen MR) is 45.4 cm³/mol. The molecular formula is C5H12BrNO2S. The lowest BCUT2D eigenvalue weighted by atomic mass is 10.5. The van der Waals surface area contributed by atoms with Crippen molar-refractivity contribution in [2.75, 3.05) is 12.3 Å². The Morgan fingerprint density at radius 3 is 2.20 bits per heavy atom. The molecule has 0 amide bonds. The minimum absolute atomic E-state index is 0.151. The minimum atomic E-state index is -3.01. The Hall–Kier alpha value is 0.390. The molecule has 0 saturated carbocycles. The van der Waals surface area contributed by atoms with Crippen molar-refractivity contribution in [3.05, 3.63) is 0 Å². The molecule has 0 aliphatic carbocycles. The van der Waals surface area contributed by atoms with Gasteiger partial charge in [-0.1, -0.05) is 6.92 Å². The van der Waals surface area contributed by atoms with Gasteiger partial charge in [-0.05, 0) is 13.3 Å². The van der Waals surface area contributed by atoms with Gasteiger partial charge < -0.3 is 0 Å². The molecule has 10 heavy (non-hydrogen) atoms. The van der Waals surface area contributed by atoms with E-state index in [4.69, 9.17) is 0 Å². The van der Waals surface area contributed by atoms with Crippen molar-refractivity contribution in [2.45, 2.75) is 20.3 Å². The van der Waals surface area contributed by atoms with Gasteiger partial charge in [0.15, 0.2) is 0 Å². The van der Waals surface area contributed by atoms with Crippen molar-refractivity contribution in [3.8, 4) is 0 Å². The zero-order chi connectivity index (χ0) is 8.20. The number of sulfonamides is 1. The highest BCUT2D eigenvalue weighted by atomic mass is 79.9. The van der Waals surface area contributed by atoms with Gasteiger partial charge >= 0.3 is 0 Å². The minimum Gasteiger partial charge on any atom is -0.211 e. The third kappa shape index (κ3) is 2.98. The van der Waals surface area contributed by atoms with Crippen LogP contribution >= 0.6 is 16.1 Å². The molecule has 0 aliphatic rings. The molecule has 0 radical (unpaired) electrons. The number of rotatable bonds is 4. The molecule has 0 fully saturated rings. The third-order valence-corrected chi connectivity index (χ3v) is 4.26. The molecule has 0 unspecified atom stereocenters. The first kappa shape index (κ1) is 10.4. The number of nitrogens with zero attached hydrogens (tertiary/aromatic N) is 1. The molecule has 0 spiro atoms. The molecule has 0 rings (SSSR count). The van der Waals surface area contributed by atoms with Crippen molar-refractivity contribution >= 4 is 26.2 Å². The molecule has 0 atom stereocenters. The molecule has 0 bridgehead atoms. The van der Waals surface area contributed by atoms with Crippen molar-refractivity contribution in [1.82, 2.24) is 3.33 Å². The second kappa shape index (κ2) is 4.31. The number of hydrogen-bond acceptors (Lipinski definition) is 2. The van der Waals surface area contributed by atoms with E-state index in [1.807, 2.05) is 6.92 Å². The highest BCUT2D eigenvalue weighted by molar-refractivity contribution is 9.08. The Balaban J connectivity index is 4.06. The first-order valence-electron chi connectivity index (χ1n) is 3.20. The quantitative estimate of drug-likeness (QED) is 0.684. The van der Waals surface area contributed by atoms with Gasteiger partial charge in [-0.15, -0.1) is 3.33 Å². The Bertz CT molecular complexity index is 178. The maximum atomic E-state index is 11.0. The smallest absolute Gasteiger partial charge is 0.211 e. The fourth-order valence-electron chi connectivity index (χ4n) is 0.455. The molecule has 0 heterocycles. The normalized spacial score (nSPS) is 12.4. The Morgan fingerprint density at radius 2 is 1.90 bits per heavy atom. The van der Waals surface area contributed by atoms with Gasteiger partial charge in [-0.25, -0.2) is 8.42 Å². The van der Waals surface area contributed by atoms with Gasteiger partial charge in [0.05, 0.1) is 5.75 Å². The van der Waals surface area contributed by atoms with Crippen molar-refractivity contribution in [3.63, 3.8) is 0 Å². The SMILES string of the molecule is CCCN(Br)S(=O)(=O)CC. The van der Waals surface area contributed by atoms with E-state index in [1.54, 1.807) is 6.92 Å². The molecular weight excluding hydrogens is 218 g/mol. The predicted octanol–water partition coefficient (Wildman–Crippen LogP) is 1.36. The van der Waals surface area contributed by atoms with Crippen LogP contribution in [-0.4, -0.2) is 24.0 Å². The molecule has 5 heteroatoms. The first-order chi connectivity index (χ1) is 4.54. The van der Waals surface area contributed by atoms with Crippen LogP contribution in [0.5, 0.6) is 0 Å². The summed E-state index contributed by atoms with van der Waals surface area (Å²) >= 11 is 2.97. The zero-order valence-electron chi connectivity index (χ0n) is 6.17. The van der Waals surface area contributed by atoms with E-state index in [-0.39, 0.29) is 5.75 Å². The number of hydrogen-bond donors (Lipinski definition) is 0. The molecule has 0 aromatic carbocycles. The van der Waals surface area contributed by atoms with Crippen LogP contribution in [-0.2, 0) is 10.0 Å². The van der Waals surface area contributed by atoms with E-state index in [0.717, 1.165) is 6.42 Å². The highest BCUT2D eigenvalue weighted by Crippen LogP contribution is 2.07. The topological polar surface area (TPSA) is 37.4 Å². The Morgan fingerprint density at radius 1 is 1.40 bits per heavy atom. The summed E-state index contributed by atoms with van der Waals surface area (Å²) in [5.41, 5.74) is 0. The van der Waals surface area contributed by atoms with Crippen molar-refractivity contribution < 1.29 is 8.42 Å². The maximum Gasteiger partial charge on any atom is 0.223 e. The molecule has 0 aromatic heterocycles. The fraction of sp³-hybridized carbons (Fsp3) is 1.00. The lowest BCUT2D eigenvalue weighted by molar-refractivity contribution is 0.546. The van der Waals surface area contributed by atoms with E-state index < -0.39 is 10.0 Å². The summed E-state index contributed by atoms with van der Waals surface area (Å²) in [5.74, 6) is 0.151. The lowest BCUT2D eigenvalue weighted by Gasteiger charge is -2.10. The standard InChI is InChI=1S/C5H12BrNO2S/c1-3-5-7(6)10(8,9)4-2/h3-5H2,1-2H3. The van der Waals surface area contributed by atoms with Gasteiger partial charge in [-0.3, -0.25) is 0 Å². The van der Waals surface area contributed by atoms with Crippen LogP contribution in [0.15, 0.2) is 0 Å². The lowest BCUT2D eigenvalue weighted by Crippen LogP contribution is -2.23. The average molecular weight is 230 g/mol. The summed E-state index contributed by atoms with van der Waals surface area (Å²) in [5, 5.41) is 0. The van der Waals surface area contributed by atoms with Crippen LogP contribution < -0.4 is 0 Å². The van der Waals surface area contributed by atoms with E-state index in [2.05, 4.69) is 16.1 Å². The Labute approximate surface area is 70.8 Å². The monoisotopic (exact) mass is 229 g/mol. The summed E-state index contributed by atoms with van der Waals surface area (Å²) < 4.78 is 23.1. The van der Waals surface area contributed by atoms with E-state index in [9.17, 15) is 8.42 Å². The average Bonchev–Trinajstić information content (AvgIpc) is 1.89. The fourth-order valence-corrected chi connectivity index (χ4v) is 2.16. The zero-order valence-corrected chi connectivity index (χ0v) is 8.57. The third-order valence-electron chi connectivity index (χ3n) is 1.07. The molecule has 62 valence electrons. The van der Waals surface area contributed by atoms with E-state index >= 15 is 0 Å². The van der Waals surface area contributed by atoms with Gasteiger partial charge in [-0.2, -0.15) is 0 Å². The largest absolute Gasteiger partial charge is 0.223 e. The van der Waals surface area contributed by atoms with Crippen LogP contribution in [0.25, 0.3) is 0 Å². The van der Waals surface area contributed by atoms with E-state index in [0.29, 0.717) is 6.54 Å². The van der Waals surface area contributed by atoms with E-state index in [1.165, 1.54) is 3.33 Å². The van der Waals surface area contributed by atoms with Gasteiger partial charge in [0, 0.05) is 22.7 Å². The van der Waals surface area contributed by atoms with Crippen LogP contribution in [0.3, 0.4) is 0 Å². The van der Waals surface area contributed by atoms with Crippen LogP contribution in [0.1, 0.15) is 20.3 Å². The van der Waals surface area contributed by atoms with Crippen molar-refractivity contribution in [2.24, 2.45) is 0 Å². The second-order valence-electron chi connectivity index (χ2n) is 1.91. The molecule has 0 aromatic rings. The maximum absolute atomic E-state index is 11.0. The van der Waals surface area contributed by atoms with Gasteiger partial charge in [0.1, 0.15) is 0 Å². The number of halogens is 1. The van der Waals surface area contributed by atoms with Crippen molar-refractivity contribution in [1.29, 1.82) is 0 Å². The molecule has 0 aliphatic heterocycles. The van der Waals surface area contributed by atoms with Crippen LogP contribution in [0.4, 0.5) is 0 Å².